The quantitative estimate of drug-likeness (QED) is 0.755. The lowest BCUT2D eigenvalue weighted by Gasteiger charge is -2.07. The number of ether oxygens (including phenoxy) is 1. The van der Waals surface area contributed by atoms with Gasteiger partial charge in [-0.1, -0.05) is 12.1 Å². The minimum Gasteiger partial charge on any atom is -0.497 e. The zero-order valence-electron chi connectivity index (χ0n) is 12.2. The number of methoxy groups -OCH3 is 1. The molecule has 0 fully saturated rings. The Kier molecular flexibility index (Phi) is 4.94. The molecule has 1 heterocycles. The number of carbonyl (C=O) groups is 1. The summed E-state index contributed by atoms with van der Waals surface area (Å²) < 4.78 is 6.70. The largest absolute Gasteiger partial charge is 0.497 e. The van der Waals surface area contributed by atoms with Crippen LogP contribution in [0.25, 0.3) is 0 Å². The van der Waals surface area contributed by atoms with E-state index in [1.165, 1.54) is 11.8 Å². The predicted molar refractivity (Wildman–Crippen MR) is 78.6 cm³/mol. The second kappa shape index (κ2) is 6.90. The Bertz CT molecular complexity index is 605. The Balaban J connectivity index is 1.84. The molecular formula is C15H19N3O3. The first-order chi connectivity index (χ1) is 10.1. The number of nitrogens with zero attached hydrogens (tertiary/aromatic N) is 2. The summed E-state index contributed by atoms with van der Waals surface area (Å²) in [6.07, 6.45) is 2.24. The maximum Gasteiger partial charge on any atom is 0.339 e. The number of carboxylic acid groups (broad SMARTS) is 1. The number of aromatic nitrogens is 2. The molecule has 2 rings (SSSR count). The van der Waals surface area contributed by atoms with E-state index in [4.69, 9.17) is 9.84 Å². The number of carboxylic acids is 1. The minimum atomic E-state index is -0.949. The standard InChI is InChI=1S/C15H19N3O3/c1-18-14(13(9-17-18)15(19)20)10-16-8-7-11-3-5-12(21-2)6-4-11/h3-6,9,16H,7-8,10H2,1-2H3,(H,19,20). The minimum absolute atomic E-state index is 0.245. The fourth-order valence-corrected chi connectivity index (χ4v) is 2.08. The highest BCUT2D eigenvalue weighted by Gasteiger charge is 2.14. The Morgan fingerprint density at radius 1 is 1.38 bits per heavy atom. The molecule has 21 heavy (non-hydrogen) atoms. The van der Waals surface area contributed by atoms with E-state index in [-0.39, 0.29) is 5.56 Å². The number of hydrogen-bond acceptors (Lipinski definition) is 4. The average Bonchev–Trinajstić information content (AvgIpc) is 2.85. The summed E-state index contributed by atoms with van der Waals surface area (Å²) in [5.74, 6) is -0.109. The second-order valence-corrected chi connectivity index (χ2v) is 4.71. The lowest BCUT2D eigenvalue weighted by molar-refractivity contribution is 0.0695. The van der Waals surface area contributed by atoms with Crippen LogP contribution in [-0.4, -0.2) is 34.5 Å². The van der Waals surface area contributed by atoms with Crippen molar-refractivity contribution < 1.29 is 14.6 Å². The lowest BCUT2D eigenvalue weighted by Crippen LogP contribution is -2.20. The molecule has 6 heteroatoms. The van der Waals surface area contributed by atoms with Crippen molar-refractivity contribution in [3.8, 4) is 5.75 Å². The fraction of sp³-hybridized carbons (Fsp3) is 0.333. The molecule has 1 aromatic heterocycles. The molecule has 0 spiro atoms. The molecule has 0 saturated carbocycles. The number of aryl methyl sites for hydroxylation is 1. The van der Waals surface area contributed by atoms with Gasteiger partial charge in [0.2, 0.25) is 0 Å². The highest BCUT2D eigenvalue weighted by molar-refractivity contribution is 5.88. The van der Waals surface area contributed by atoms with Crippen LogP contribution in [0.3, 0.4) is 0 Å². The van der Waals surface area contributed by atoms with Crippen LogP contribution in [0.4, 0.5) is 0 Å². The first-order valence-corrected chi connectivity index (χ1v) is 6.69. The van der Waals surface area contributed by atoms with E-state index in [1.54, 1.807) is 18.8 Å². The van der Waals surface area contributed by atoms with E-state index >= 15 is 0 Å². The van der Waals surface area contributed by atoms with Crippen molar-refractivity contribution in [2.45, 2.75) is 13.0 Å². The first-order valence-electron chi connectivity index (χ1n) is 6.69. The number of hydrogen-bond donors (Lipinski definition) is 2. The highest BCUT2D eigenvalue weighted by atomic mass is 16.5. The third kappa shape index (κ3) is 3.82. The van der Waals surface area contributed by atoms with Gasteiger partial charge in [0.25, 0.3) is 0 Å². The van der Waals surface area contributed by atoms with Crippen LogP contribution in [-0.2, 0) is 20.0 Å². The molecule has 0 aliphatic heterocycles. The molecule has 0 radical (unpaired) electrons. The average molecular weight is 289 g/mol. The predicted octanol–water partition coefficient (Wildman–Crippen LogP) is 1.46. The molecule has 0 atom stereocenters. The summed E-state index contributed by atoms with van der Waals surface area (Å²) in [7, 11) is 3.39. The molecule has 1 aromatic carbocycles. The Morgan fingerprint density at radius 2 is 2.10 bits per heavy atom. The van der Waals surface area contributed by atoms with Crippen molar-refractivity contribution in [3.63, 3.8) is 0 Å². The van der Waals surface area contributed by atoms with E-state index in [2.05, 4.69) is 10.4 Å². The summed E-state index contributed by atoms with van der Waals surface area (Å²) >= 11 is 0. The summed E-state index contributed by atoms with van der Waals surface area (Å²) in [4.78, 5) is 11.1. The molecule has 0 saturated heterocycles. The summed E-state index contributed by atoms with van der Waals surface area (Å²) in [6, 6.07) is 7.90. The zero-order valence-corrected chi connectivity index (χ0v) is 12.2. The van der Waals surface area contributed by atoms with Crippen molar-refractivity contribution in [3.05, 3.63) is 47.3 Å². The van der Waals surface area contributed by atoms with E-state index in [1.807, 2.05) is 24.3 Å². The molecule has 112 valence electrons. The van der Waals surface area contributed by atoms with E-state index in [9.17, 15) is 4.79 Å². The molecule has 0 aliphatic carbocycles. The maximum atomic E-state index is 11.1. The van der Waals surface area contributed by atoms with Crippen molar-refractivity contribution >= 4 is 5.97 Å². The molecular weight excluding hydrogens is 270 g/mol. The van der Waals surface area contributed by atoms with Crippen LogP contribution >= 0.6 is 0 Å². The van der Waals surface area contributed by atoms with E-state index in [0.29, 0.717) is 12.2 Å². The van der Waals surface area contributed by atoms with Crippen LogP contribution in [0, 0.1) is 0 Å². The van der Waals surface area contributed by atoms with E-state index < -0.39 is 5.97 Å². The third-order valence-electron chi connectivity index (χ3n) is 3.33. The van der Waals surface area contributed by atoms with Crippen molar-refractivity contribution in [2.75, 3.05) is 13.7 Å². The van der Waals surface area contributed by atoms with Gasteiger partial charge in [0, 0.05) is 13.6 Å². The van der Waals surface area contributed by atoms with Gasteiger partial charge >= 0.3 is 5.97 Å². The van der Waals surface area contributed by atoms with Crippen molar-refractivity contribution in [2.24, 2.45) is 7.05 Å². The van der Waals surface area contributed by atoms with Crippen LogP contribution in [0.1, 0.15) is 21.6 Å². The van der Waals surface area contributed by atoms with Crippen LogP contribution < -0.4 is 10.1 Å². The van der Waals surface area contributed by atoms with Crippen LogP contribution in [0.15, 0.2) is 30.5 Å². The first kappa shape index (κ1) is 15.1. The number of aromatic carboxylic acids is 1. The number of nitrogens with one attached hydrogen (secondary N) is 1. The Hall–Kier alpha value is -2.34. The smallest absolute Gasteiger partial charge is 0.339 e. The van der Waals surface area contributed by atoms with E-state index in [0.717, 1.165) is 18.7 Å². The number of benzene rings is 1. The summed E-state index contributed by atoms with van der Waals surface area (Å²) in [5, 5.41) is 16.3. The monoisotopic (exact) mass is 289 g/mol. The molecule has 2 N–H and O–H groups in total. The van der Waals surface area contributed by atoms with Gasteiger partial charge in [0.15, 0.2) is 0 Å². The summed E-state index contributed by atoms with van der Waals surface area (Å²) in [6.45, 7) is 1.24. The topological polar surface area (TPSA) is 76.4 Å². The van der Waals surface area contributed by atoms with Crippen molar-refractivity contribution in [1.29, 1.82) is 0 Å². The van der Waals surface area contributed by atoms with Gasteiger partial charge in [-0.05, 0) is 30.7 Å². The molecule has 0 unspecified atom stereocenters. The van der Waals surface area contributed by atoms with Gasteiger partial charge in [0.1, 0.15) is 11.3 Å². The normalized spacial score (nSPS) is 10.6. The number of rotatable bonds is 7. The zero-order chi connectivity index (χ0) is 15.2. The van der Waals surface area contributed by atoms with Gasteiger partial charge in [-0.3, -0.25) is 4.68 Å². The fourth-order valence-electron chi connectivity index (χ4n) is 2.08. The maximum absolute atomic E-state index is 11.1. The molecule has 2 aromatic rings. The molecule has 0 aliphatic rings. The van der Waals surface area contributed by atoms with Gasteiger partial charge < -0.3 is 15.2 Å². The molecule has 6 nitrogen and oxygen atoms in total. The Morgan fingerprint density at radius 3 is 2.71 bits per heavy atom. The Labute approximate surface area is 123 Å². The SMILES string of the molecule is COc1ccc(CCNCc2c(C(=O)O)cnn2C)cc1. The lowest BCUT2D eigenvalue weighted by atomic mass is 10.1. The van der Waals surface area contributed by atoms with Crippen molar-refractivity contribution in [1.82, 2.24) is 15.1 Å². The van der Waals surface area contributed by atoms with Gasteiger partial charge in [-0.25, -0.2) is 4.79 Å². The molecule has 0 bridgehead atoms. The van der Waals surface area contributed by atoms with Crippen LogP contribution in [0.5, 0.6) is 5.75 Å². The summed E-state index contributed by atoms with van der Waals surface area (Å²) in [5.41, 5.74) is 2.12. The van der Waals surface area contributed by atoms with Gasteiger partial charge in [-0.15, -0.1) is 0 Å². The molecule has 0 amide bonds. The van der Waals surface area contributed by atoms with Gasteiger partial charge in [0.05, 0.1) is 19.0 Å². The second-order valence-electron chi connectivity index (χ2n) is 4.71. The van der Waals surface area contributed by atoms with Gasteiger partial charge in [-0.2, -0.15) is 5.10 Å². The third-order valence-corrected chi connectivity index (χ3v) is 3.33. The highest BCUT2D eigenvalue weighted by Crippen LogP contribution is 2.11. The van der Waals surface area contributed by atoms with Crippen LogP contribution in [0.2, 0.25) is 0 Å².